The summed E-state index contributed by atoms with van der Waals surface area (Å²) < 4.78 is 14.1. The highest BCUT2D eigenvalue weighted by atomic mass is 19.1. The van der Waals surface area contributed by atoms with Gasteiger partial charge in [-0.1, -0.05) is 24.8 Å². The van der Waals surface area contributed by atoms with Crippen molar-refractivity contribution in [3.05, 3.63) is 65.0 Å². The van der Waals surface area contributed by atoms with E-state index in [1.807, 2.05) is 32.9 Å². The molecule has 0 aliphatic rings. The summed E-state index contributed by atoms with van der Waals surface area (Å²) in [4.78, 5) is 0. The maximum atomic E-state index is 14.1. The Bertz CT molecular complexity index is 572. The maximum absolute atomic E-state index is 14.1. The maximum Gasteiger partial charge on any atom is 0.131 e. The Morgan fingerprint density at radius 3 is 2.25 bits per heavy atom. The van der Waals surface area contributed by atoms with Gasteiger partial charge >= 0.3 is 0 Å². The molecular weight excluding hydrogens is 251 g/mol. The predicted molar refractivity (Wildman–Crippen MR) is 84.1 cm³/mol. The minimum Gasteiger partial charge on any atom is -0.386 e. The first-order valence-corrected chi connectivity index (χ1v) is 6.70. The van der Waals surface area contributed by atoms with Gasteiger partial charge in [0.05, 0.1) is 5.60 Å². The van der Waals surface area contributed by atoms with Crippen LogP contribution in [0.5, 0.6) is 0 Å². The molecule has 1 nitrogen and oxygen atoms in total. The van der Waals surface area contributed by atoms with E-state index in [-0.39, 0.29) is 5.82 Å². The van der Waals surface area contributed by atoms with Crippen LogP contribution in [0.3, 0.4) is 0 Å². The van der Waals surface area contributed by atoms with Gasteiger partial charge in [0, 0.05) is 5.56 Å². The second kappa shape index (κ2) is 6.19. The number of hydrogen-bond donors (Lipinski definition) is 1. The lowest BCUT2D eigenvalue weighted by atomic mass is 9.96. The van der Waals surface area contributed by atoms with Crippen LogP contribution in [0.15, 0.2) is 42.5 Å². The lowest BCUT2D eigenvalue weighted by Crippen LogP contribution is -2.19. The van der Waals surface area contributed by atoms with E-state index in [4.69, 9.17) is 0 Å². The zero-order chi connectivity index (χ0) is 15.5. The molecule has 0 aliphatic heterocycles. The van der Waals surface area contributed by atoms with Gasteiger partial charge < -0.3 is 5.11 Å². The van der Waals surface area contributed by atoms with Gasteiger partial charge in [-0.25, -0.2) is 4.39 Å². The van der Waals surface area contributed by atoms with Crippen LogP contribution in [0.2, 0.25) is 0 Å². The number of benzene rings is 1. The first kappa shape index (κ1) is 16.4. The van der Waals surface area contributed by atoms with Gasteiger partial charge in [-0.3, -0.25) is 0 Å². The van der Waals surface area contributed by atoms with Gasteiger partial charge in [0.1, 0.15) is 5.82 Å². The molecule has 2 heteroatoms. The molecule has 0 aromatic heterocycles. The molecule has 0 saturated heterocycles. The number of aryl methyl sites for hydroxylation is 2. The highest BCUT2D eigenvalue weighted by Crippen LogP contribution is 2.24. The van der Waals surface area contributed by atoms with Crippen molar-refractivity contribution in [3.8, 4) is 0 Å². The van der Waals surface area contributed by atoms with E-state index in [9.17, 15) is 9.50 Å². The van der Waals surface area contributed by atoms with E-state index in [1.165, 1.54) is 0 Å². The monoisotopic (exact) mass is 274 g/mol. The highest BCUT2D eigenvalue weighted by molar-refractivity contribution is 5.75. The van der Waals surface area contributed by atoms with Crippen molar-refractivity contribution in [2.45, 2.75) is 40.2 Å². The summed E-state index contributed by atoms with van der Waals surface area (Å²) in [5.74, 6) is -0.236. The SMILES string of the molecule is C=C(/C=C\C(=C/C)c1cc(C)c(C)cc1F)C(C)(C)O. The summed E-state index contributed by atoms with van der Waals surface area (Å²) in [6.07, 6.45) is 5.36. The molecular formula is C18H23FO. The fourth-order valence-corrected chi connectivity index (χ4v) is 1.74. The summed E-state index contributed by atoms with van der Waals surface area (Å²) in [5.41, 5.74) is 2.94. The molecule has 1 aromatic rings. The molecule has 0 aliphatic carbocycles. The minimum absolute atomic E-state index is 0.236. The number of aliphatic hydroxyl groups is 1. The standard InChI is InChI=1S/C18H23FO/c1-7-15(9-8-14(4)18(5,6)20)16-10-12(2)13(3)11-17(16)19/h7-11,20H,4H2,1-3,5-6H3/b9-8-,15-7+. The largest absolute Gasteiger partial charge is 0.386 e. The Hall–Kier alpha value is -1.67. The van der Waals surface area contributed by atoms with Crippen LogP contribution in [-0.2, 0) is 0 Å². The van der Waals surface area contributed by atoms with Crippen molar-refractivity contribution >= 4 is 5.57 Å². The van der Waals surface area contributed by atoms with Crippen molar-refractivity contribution in [2.24, 2.45) is 0 Å². The third-order valence-electron chi connectivity index (χ3n) is 3.46. The zero-order valence-electron chi connectivity index (χ0n) is 12.9. The minimum atomic E-state index is -0.975. The molecule has 0 fully saturated rings. The topological polar surface area (TPSA) is 20.2 Å². The average Bonchev–Trinajstić information content (AvgIpc) is 2.34. The fraction of sp³-hybridized carbons (Fsp3) is 0.333. The summed E-state index contributed by atoms with van der Waals surface area (Å²) in [6.45, 7) is 12.9. The summed E-state index contributed by atoms with van der Waals surface area (Å²) in [6, 6.07) is 3.39. The summed E-state index contributed by atoms with van der Waals surface area (Å²) >= 11 is 0. The van der Waals surface area contributed by atoms with Crippen LogP contribution >= 0.6 is 0 Å². The van der Waals surface area contributed by atoms with E-state index in [0.717, 1.165) is 16.7 Å². The first-order chi connectivity index (χ1) is 9.16. The van der Waals surface area contributed by atoms with Crippen molar-refractivity contribution in [1.29, 1.82) is 0 Å². The molecule has 0 radical (unpaired) electrons. The van der Waals surface area contributed by atoms with Gasteiger partial charge in [-0.05, 0) is 69.0 Å². The van der Waals surface area contributed by atoms with Gasteiger partial charge in [-0.15, -0.1) is 0 Å². The quantitative estimate of drug-likeness (QED) is 0.787. The van der Waals surface area contributed by atoms with Crippen molar-refractivity contribution < 1.29 is 9.50 Å². The molecule has 1 N–H and O–H groups in total. The normalized spacial score (nSPS) is 13.1. The Morgan fingerprint density at radius 2 is 1.75 bits per heavy atom. The average molecular weight is 274 g/mol. The number of hydrogen-bond acceptors (Lipinski definition) is 1. The Labute approximate surface area is 121 Å². The van der Waals surface area contributed by atoms with Crippen LogP contribution in [-0.4, -0.2) is 10.7 Å². The third-order valence-corrected chi connectivity index (χ3v) is 3.46. The van der Waals surface area contributed by atoms with E-state index < -0.39 is 5.60 Å². The van der Waals surface area contributed by atoms with Gasteiger partial charge in [0.2, 0.25) is 0 Å². The van der Waals surface area contributed by atoms with Crippen molar-refractivity contribution in [2.75, 3.05) is 0 Å². The molecule has 0 saturated carbocycles. The van der Waals surface area contributed by atoms with E-state index in [0.29, 0.717) is 11.1 Å². The van der Waals surface area contributed by atoms with Gasteiger partial charge in [-0.2, -0.15) is 0 Å². The molecule has 0 atom stereocenters. The Kier molecular flexibility index (Phi) is 5.07. The van der Waals surface area contributed by atoms with Crippen molar-refractivity contribution in [3.63, 3.8) is 0 Å². The van der Waals surface area contributed by atoms with Crippen molar-refractivity contribution in [1.82, 2.24) is 0 Å². The lowest BCUT2D eigenvalue weighted by molar-refractivity contribution is 0.124. The smallest absolute Gasteiger partial charge is 0.131 e. The molecule has 1 rings (SSSR count). The predicted octanol–water partition coefficient (Wildman–Crippen LogP) is 4.73. The van der Waals surface area contributed by atoms with Crippen LogP contribution in [0.4, 0.5) is 4.39 Å². The third kappa shape index (κ3) is 3.91. The number of rotatable bonds is 4. The molecule has 0 amide bonds. The highest BCUT2D eigenvalue weighted by Gasteiger charge is 2.15. The van der Waals surface area contributed by atoms with Crippen LogP contribution in [0, 0.1) is 19.7 Å². The Balaban J connectivity index is 3.14. The first-order valence-electron chi connectivity index (χ1n) is 6.70. The zero-order valence-corrected chi connectivity index (χ0v) is 12.9. The number of allylic oxidation sites excluding steroid dienone is 3. The Morgan fingerprint density at radius 1 is 1.20 bits per heavy atom. The molecule has 0 spiro atoms. The van der Waals surface area contributed by atoms with E-state index in [1.54, 1.807) is 32.1 Å². The molecule has 0 bridgehead atoms. The molecule has 20 heavy (non-hydrogen) atoms. The van der Waals surface area contributed by atoms with Crippen LogP contribution in [0.1, 0.15) is 37.5 Å². The fourth-order valence-electron chi connectivity index (χ4n) is 1.74. The van der Waals surface area contributed by atoms with E-state index in [2.05, 4.69) is 6.58 Å². The molecule has 0 unspecified atom stereocenters. The van der Waals surface area contributed by atoms with E-state index >= 15 is 0 Å². The second-order valence-electron chi connectivity index (χ2n) is 5.58. The summed E-state index contributed by atoms with van der Waals surface area (Å²) in [5, 5.41) is 9.83. The molecule has 108 valence electrons. The molecule has 0 heterocycles. The van der Waals surface area contributed by atoms with Gasteiger partial charge in [0.15, 0.2) is 0 Å². The second-order valence-corrected chi connectivity index (χ2v) is 5.58. The lowest BCUT2D eigenvalue weighted by Gasteiger charge is -2.17. The molecule has 1 aromatic carbocycles. The van der Waals surface area contributed by atoms with Crippen LogP contribution < -0.4 is 0 Å². The summed E-state index contributed by atoms with van der Waals surface area (Å²) in [7, 11) is 0. The van der Waals surface area contributed by atoms with Crippen LogP contribution in [0.25, 0.3) is 5.57 Å². The number of halogens is 1. The van der Waals surface area contributed by atoms with Gasteiger partial charge in [0.25, 0.3) is 0 Å².